The molecule has 7 N–H and O–H groups in total. The maximum atomic E-state index is 14.8. The topological polar surface area (TPSA) is 202 Å². The van der Waals surface area contributed by atoms with Gasteiger partial charge >= 0.3 is 0 Å². The van der Waals surface area contributed by atoms with Gasteiger partial charge in [0.05, 0.1) is 6.10 Å². The highest BCUT2D eigenvalue weighted by Gasteiger charge is 2.41. The van der Waals surface area contributed by atoms with E-state index in [2.05, 4.69) is 31.6 Å². The Labute approximate surface area is 380 Å². The normalized spacial score (nSPS) is 22.9. The molecule has 0 spiro atoms. The van der Waals surface area contributed by atoms with Crippen molar-refractivity contribution in [3.8, 4) is 0 Å². The van der Waals surface area contributed by atoms with Crippen molar-refractivity contribution in [2.75, 3.05) is 6.54 Å². The molecular formula is C51H52FN7O7. The van der Waals surface area contributed by atoms with Crippen LogP contribution in [0.25, 0.3) is 21.7 Å². The van der Waals surface area contributed by atoms with E-state index in [0.717, 1.165) is 27.2 Å². The third-order valence-corrected chi connectivity index (χ3v) is 12.4. The third-order valence-electron chi connectivity index (χ3n) is 12.4. The zero-order valence-corrected chi connectivity index (χ0v) is 36.3. The number of amides is 6. The van der Waals surface area contributed by atoms with E-state index in [0.29, 0.717) is 23.1 Å². The van der Waals surface area contributed by atoms with Gasteiger partial charge in [-0.05, 0) is 71.0 Å². The smallest absolute Gasteiger partial charge is 0.246 e. The lowest BCUT2D eigenvalue weighted by atomic mass is 9.98. The number of carbonyl (C=O) groups excluding carboxylic acids is 6. The molecule has 0 aliphatic carbocycles. The molecule has 15 heteroatoms. The quantitative estimate of drug-likeness (QED) is 0.115. The fourth-order valence-electron chi connectivity index (χ4n) is 8.89. The summed E-state index contributed by atoms with van der Waals surface area (Å²) in [7, 11) is 0. The molecule has 6 amide bonds. The molecule has 1 aromatic heterocycles. The highest BCUT2D eigenvalue weighted by molar-refractivity contribution is 5.99. The zero-order chi connectivity index (χ0) is 46.3. The Morgan fingerprint density at radius 3 is 1.88 bits per heavy atom. The summed E-state index contributed by atoms with van der Waals surface area (Å²) in [5, 5.41) is 27.6. The van der Waals surface area contributed by atoms with Crippen LogP contribution in [0, 0.1) is 5.82 Å². The third kappa shape index (κ3) is 10.6. The van der Waals surface area contributed by atoms with Gasteiger partial charge < -0.3 is 41.6 Å². The molecule has 0 radical (unpaired) electrons. The second-order valence-corrected chi connectivity index (χ2v) is 17.1. The molecule has 0 saturated carbocycles. The van der Waals surface area contributed by atoms with E-state index in [4.69, 9.17) is 0 Å². The number of hydrogen-bond donors (Lipinski definition) is 7. The van der Waals surface area contributed by atoms with Gasteiger partial charge in [-0.1, -0.05) is 103 Å². The predicted molar refractivity (Wildman–Crippen MR) is 246 cm³/mol. The van der Waals surface area contributed by atoms with Crippen LogP contribution in [0.5, 0.6) is 0 Å². The molecule has 0 unspecified atom stereocenters. The van der Waals surface area contributed by atoms with Crippen LogP contribution >= 0.6 is 0 Å². The fraction of sp³-hybridized carbons (Fsp3) is 0.294. The molecule has 66 heavy (non-hydrogen) atoms. The summed E-state index contributed by atoms with van der Waals surface area (Å²) < 4.78 is 14.1. The van der Waals surface area contributed by atoms with Gasteiger partial charge in [-0.15, -0.1) is 0 Å². The van der Waals surface area contributed by atoms with Gasteiger partial charge in [-0.3, -0.25) is 28.8 Å². The van der Waals surface area contributed by atoms with Crippen LogP contribution in [0.4, 0.5) is 4.39 Å². The Balaban J connectivity index is 1.20. The minimum Gasteiger partial charge on any atom is -0.391 e. The number of halogens is 1. The van der Waals surface area contributed by atoms with Crippen molar-refractivity contribution in [1.82, 2.24) is 36.5 Å². The number of hydrogen-bond acceptors (Lipinski definition) is 7. The minimum absolute atomic E-state index is 0.0186. The van der Waals surface area contributed by atoms with Gasteiger partial charge in [-0.2, -0.15) is 0 Å². The predicted octanol–water partition coefficient (Wildman–Crippen LogP) is 3.54. The van der Waals surface area contributed by atoms with Crippen molar-refractivity contribution in [3.05, 3.63) is 156 Å². The summed E-state index contributed by atoms with van der Waals surface area (Å²) in [6.07, 6.45) is 0.815. The van der Waals surface area contributed by atoms with Gasteiger partial charge in [0.15, 0.2) is 0 Å². The van der Waals surface area contributed by atoms with E-state index >= 15 is 0 Å². The molecule has 14 nitrogen and oxygen atoms in total. The number of carbonyl (C=O) groups is 6. The first-order chi connectivity index (χ1) is 31.9. The molecule has 2 aliphatic heterocycles. The lowest BCUT2D eigenvalue weighted by Gasteiger charge is -2.32. The maximum absolute atomic E-state index is 14.8. The lowest BCUT2D eigenvalue weighted by molar-refractivity contribution is -0.143. The van der Waals surface area contributed by atoms with Gasteiger partial charge in [-0.25, -0.2) is 4.39 Å². The largest absolute Gasteiger partial charge is 0.391 e. The molecule has 0 bridgehead atoms. The van der Waals surface area contributed by atoms with Gasteiger partial charge in [0.1, 0.15) is 42.1 Å². The minimum atomic E-state index is -1.61. The Hall–Kier alpha value is -7.39. The van der Waals surface area contributed by atoms with E-state index in [1.165, 1.54) is 36.1 Å². The monoisotopic (exact) mass is 893 g/mol. The van der Waals surface area contributed by atoms with Crippen molar-refractivity contribution in [3.63, 3.8) is 0 Å². The molecule has 340 valence electrons. The van der Waals surface area contributed by atoms with E-state index in [9.17, 15) is 38.3 Å². The average molecular weight is 894 g/mol. The first kappa shape index (κ1) is 45.2. The molecule has 2 fully saturated rings. The summed E-state index contributed by atoms with van der Waals surface area (Å²) in [4.78, 5) is 92.0. The summed E-state index contributed by atoms with van der Waals surface area (Å²) in [6, 6.07) is 27.3. The zero-order valence-electron chi connectivity index (χ0n) is 36.3. The number of H-pyrrole nitrogens is 1. The van der Waals surface area contributed by atoms with Crippen LogP contribution in [0.1, 0.15) is 42.0 Å². The second-order valence-electron chi connectivity index (χ2n) is 17.1. The van der Waals surface area contributed by atoms with Crippen molar-refractivity contribution in [2.24, 2.45) is 0 Å². The van der Waals surface area contributed by atoms with Crippen LogP contribution in [-0.4, -0.2) is 99.3 Å². The summed E-state index contributed by atoms with van der Waals surface area (Å²) in [6.45, 7) is 1.49. The second kappa shape index (κ2) is 20.2. The molecule has 7 atom stereocenters. The van der Waals surface area contributed by atoms with Crippen molar-refractivity contribution >= 4 is 57.1 Å². The number of aromatic amines is 1. The molecule has 8 rings (SSSR count). The van der Waals surface area contributed by atoms with Crippen molar-refractivity contribution in [1.29, 1.82) is 0 Å². The van der Waals surface area contributed by atoms with Gasteiger partial charge in [0, 0.05) is 49.3 Å². The van der Waals surface area contributed by atoms with Crippen LogP contribution in [0.2, 0.25) is 0 Å². The summed E-state index contributed by atoms with van der Waals surface area (Å²) >= 11 is 0. The number of benzene rings is 5. The number of aliphatic hydroxyl groups is 1. The molecule has 2 aliphatic rings. The number of nitrogens with zero attached hydrogens (tertiary/aromatic N) is 1. The Morgan fingerprint density at radius 1 is 0.591 bits per heavy atom. The van der Waals surface area contributed by atoms with Crippen LogP contribution < -0.4 is 26.6 Å². The highest BCUT2D eigenvalue weighted by Crippen LogP contribution is 2.23. The SMILES string of the molecule is C[C@@H](O)[C@@H]1NC(=O)[C@H](Cc2ccc(F)cc2)NC(=O)[C@@H](Cc2c[nH]c3ccccc23)NC(=O)[C@H](Cc2ccc3ccccc3c2)NC(=O)[C@@H]2CCCN2C(=O)[C@H](Cc2ccccc2)NC1=O. The lowest BCUT2D eigenvalue weighted by Crippen LogP contribution is -2.63. The molecule has 2 saturated heterocycles. The molecule has 5 aromatic carbocycles. The number of nitrogens with one attached hydrogen (secondary N) is 6. The van der Waals surface area contributed by atoms with Crippen LogP contribution in [0.15, 0.2) is 128 Å². The van der Waals surface area contributed by atoms with E-state index < -0.39 is 83.6 Å². The summed E-state index contributed by atoms with van der Waals surface area (Å²) in [5.41, 5.74) is 3.36. The number of rotatable bonds is 9. The molecular weight excluding hydrogens is 842 g/mol. The Kier molecular flexibility index (Phi) is 13.8. The number of aliphatic hydroxyl groups excluding tert-OH is 1. The van der Waals surface area contributed by atoms with Crippen LogP contribution in [0.3, 0.4) is 0 Å². The fourth-order valence-corrected chi connectivity index (χ4v) is 8.89. The number of aromatic nitrogens is 1. The van der Waals surface area contributed by atoms with Crippen LogP contribution in [-0.2, 0) is 54.5 Å². The van der Waals surface area contributed by atoms with E-state index in [1.807, 2.05) is 72.8 Å². The van der Waals surface area contributed by atoms with Crippen molar-refractivity contribution < 1.29 is 38.3 Å². The first-order valence-electron chi connectivity index (χ1n) is 22.2. The maximum Gasteiger partial charge on any atom is 0.246 e. The molecule has 3 heterocycles. The average Bonchev–Trinajstić information content (AvgIpc) is 3.98. The molecule has 6 aromatic rings. The Bertz CT molecular complexity index is 2740. The first-order valence-corrected chi connectivity index (χ1v) is 22.2. The van der Waals surface area contributed by atoms with Gasteiger partial charge in [0.25, 0.3) is 0 Å². The van der Waals surface area contributed by atoms with E-state index in [1.54, 1.807) is 30.5 Å². The number of fused-ring (bicyclic) bond motifs is 3. The summed E-state index contributed by atoms with van der Waals surface area (Å²) in [5.74, 6) is -4.84. The standard InChI is InChI=1S/C51H52FN7O7/c1-30(60)45-50(65)57-43(26-31-10-3-2-4-11-31)51(66)59-23-9-16-44(59)49(64)56-41(27-33-17-20-34-12-5-6-13-35(34)24-33)46(61)55-42(28-36-29-53-39-15-8-7-14-38(36)39)47(62)54-40(48(63)58-45)25-32-18-21-37(52)22-19-32/h2-8,10-15,17-22,24,29-30,40-45,53,60H,9,16,23,25-28H2,1H3,(H,54,62)(H,55,61)(H,56,64)(H,57,65)(H,58,63)/t30-,40+,41+,42-,43+,44+,45+/m1/s1. The highest BCUT2D eigenvalue weighted by atomic mass is 19.1. The van der Waals surface area contributed by atoms with E-state index in [-0.39, 0.29) is 38.6 Å². The number of para-hydroxylation sites is 1. The van der Waals surface area contributed by atoms with Gasteiger partial charge in [0.2, 0.25) is 35.4 Å². The Morgan fingerprint density at radius 2 is 1.15 bits per heavy atom. The van der Waals surface area contributed by atoms with Crippen molar-refractivity contribution in [2.45, 2.75) is 87.8 Å².